The van der Waals surface area contributed by atoms with Crippen LogP contribution in [0.1, 0.15) is 5.56 Å². The summed E-state index contributed by atoms with van der Waals surface area (Å²) in [5.41, 5.74) is 3.56. The van der Waals surface area contributed by atoms with Crippen molar-refractivity contribution in [2.75, 3.05) is 5.32 Å². The van der Waals surface area contributed by atoms with Gasteiger partial charge < -0.3 is 10.3 Å². The fraction of sp³-hybridized carbons (Fsp3) is 0.0667. The third-order valence-electron chi connectivity index (χ3n) is 2.97. The highest BCUT2D eigenvalue weighted by Crippen LogP contribution is 2.26. The fourth-order valence-electron chi connectivity index (χ4n) is 2.03. The molecule has 1 heterocycles. The fourth-order valence-corrected chi connectivity index (χ4v) is 2.39. The SMILES string of the molecule is Brc1ccc2[nH]cc(NCc3ccccc3)c2c1. The second-order valence-corrected chi connectivity index (χ2v) is 5.15. The zero-order valence-corrected chi connectivity index (χ0v) is 11.4. The molecule has 3 aromatic rings. The predicted molar refractivity (Wildman–Crippen MR) is 79.8 cm³/mol. The third kappa shape index (κ3) is 2.27. The van der Waals surface area contributed by atoms with E-state index in [1.807, 2.05) is 18.3 Å². The molecule has 3 rings (SSSR count). The lowest BCUT2D eigenvalue weighted by atomic mass is 10.2. The second-order valence-electron chi connectivity index (χ2n) is 4.23. The Kier molecular flexibility index (Phi) is 3.07. The molecule has 0 aliphatic heterocycles. The summed E-state index contributed by atoms with van der Waals surface area (Å²) in [6, 6.07) is 16.6. The first-order chi connectivity index (χ1) is 8.83. The molecule has 18 heavy (non-hydrogen) atoms. The molecule has 0 spiro atoms. The maximum atomic E-state index is 3.51. The van der Waals surface area contributed by atoms with Crippen molar-refractivity contribution in [1.82, 2.24) is 4.98 Å². The molecule has 2 N–H and O–H groups in total. The topological polar surface area (TPSA) is 27.8 Å². The number of halogens is 1. The van der Waals surface area contributed by atoms with Gasteiger partial charge in [0, 0.05) is 28.1 Å². The first kappa shape index (κ1) is 11.4. The number of rotatable bonds is 3. The van der Waals surface area contributed by atoms with Crippen molar-refractivity contribution in [2.24, 2.45) is 0 Å². The molecule has 2 nitrogen and oxygen atoms in total. The van der Waals surface area contributed by atoms with Crippen LogP contribution in [0.25, 0.3) is 10.9 Å². The van der Waals surface area contributed by atoms with E-state index in [-0.39, 0.29) is 0 Å². The number of hydrogen-bond acceptors (Lipinski definition) is 1. The Hall–Kier alpha value is -1.74. The number of nitrogens with one attached hydrogen (secondary N) is 2. The zero-order chi connectivity index (χ0) is 12.4. The van der Waals surface area contributed by atoms with E-state index < -0.39 is 0 Å². The first-order valence-corrected chi connectivity index (χ1v) is 6.67. The van der Waals surface area contributed by atoms with Gasteiger partial charge in [0.15, 0.2) is 0 Å². The molecule has 0 fully saturated rings. The number of aromatic nitrogens is 1. The summed E-state index contributed by atoms with van der Waals surface area (Å²) in [6.45, 7) is 0.834. The van der Waals surface area contributed by atoms with Crippen molar-refractivity contribution < 1.29 is 0 Å². The Balaban J connectivity index is 1.85. The molecule has 1 aromatic heterocycles. The Morgan fingerprint density at radius 1 is 1.06 bits per heavy atom. The minimum Gasteiger partial charge on any atom is -0.379 e. The number of fused-ring (bicyclic) bond motifs is 1. The Morgan fingerprint density at radius 2 is 1.89 bits per heavy atom. The van der Waals surface area contributed by atoms with Gasteiger partial charge in [-0.25, -0.2) is 0 Å². The number of hydrogen-bond donors (Lipinski definition) is 2. The summed E-state index contributed by atoms with van der Waals surface area (Å²) in [7, 11) is 0. The quantitative estimate of drug-likeness (QED) is 0.730. The van der Waals surface area contributed by atoms with Crippen molar-refractivity contribution in [3.8, 4) is 0 Å². The van der Waals surface area contributed by atoms with Crippen LogP contribution in [0.2, 0.25) is 0 Å². The summed E-state index contributed by atoms with van der Waals surface area (Å²) in [5.74, 6) is 0. The van der Waals surface area contributed by atoms with Crippen LogP contribution < -0.4 is 5.32 Å². The molecule has 2 aromatic carbocycles. The molecule has 0 bridgehead atoms. The Labute approximate surface area is 114 Å². The number of aromatic amines is 1. The summed E-state index contributed by atoms with van der Waals surface area (Å²) < 4.78 is 1.09. The third-order valence-corrected chi connectivity index (χ3v) is 3.46. The largest absolute Gasteiger partial charge is 0.379 e. The summed E-state index contributed by atoms with van der Waals surface area (Å²) in [4.78, 5) is 3.27. The summed E-state index contributed by atoms with van der Waals surface area (Å²) in [5, 5.41) is 4.67. The zero-order valence-electron chi connectivity index (χ0n) is 9.78. The maximum Gasteiger partial charge on any atom is 0.0600 e. The van der Waals surface area contributed by atoms with Gasteiger partial charge in [0.25, 0.3) is 0 Å². The smallest absolute Gasteiger partial charge is 0.0600 e. The van der Waals surface area contributed by atoms with Gasteiger partial charge in [0.1, 0.15) is 0 Å². The molecule has 0 saturated heterocycles. The number of H-pyrrole nitrogens is 1. The van der Waals surface area contributed by atoms with E-state index in [4.69, 9.17) is 0 Å². The molecule has 0 saturated carbocycles. The molecule has 3 heteroatoms. The highest BCUT2D eigenvalue weighted by molar-refractivity contribution is 9.10. The molecule has 0 unspecified atom stereocenters. The number of anilines is 1. The van der Waals surface area contributed by atoms with Crippen molar-refractivity contribution in [1.29, 1.82) is 0 Å². The van der Waals surface area contributed by atoms with Crippen LogP contribution in [0.15, 0.2) is 59.2 Å². The van der Waals surface area contributed by atoms with Gasteiger partial charge in [0.05, 0.1) is 5.69 Å². The van der Waals surface area contributed by atoms with Crippen LogP contribution in [-0.4, -0.2) is 4.98 Å². The van der Waals surface area contributed by atoms with Crippen LogP contribution >= 0.6 is 15.9 Å². The lowest BCUT2D eigenvalue weighted by molar-refractivity contribution is 1.15. The maximum absolute atomic E-state index is 3.51. The van der Waals surface area contributed by atoms with Crippen LogP contribution in [0.4, 0.5) is 5.69 Å². The first-order valence-electron chi connectivity index (χ1n) is 5.87. The summed E-state index contributed by atoms with van der Waals surface area (Å²) in [6.07, 6.45) is 2.01. The van der Waals surface area contributed by atoms with Crippen LogP contribution in [0, 0.1) is 0 Å². The minimum atomic E-state index is 0.834. The van der Waals surface area contributed by atoms with Crippen molar-refractivity contribution in [2.45, 2.75) is 6.54 Å². The van der Waals surface area contributed by atoms with Crippen LogP contribution in [0.3, 0.4) is 0 Å². The van der Waals surface area contributed by atoms with E-state index in [0.717, 1.165) is 22.2 Å². The van der Waals surface area contributed by atoms with Gasteiger partial charge in [-0.1, -0.05) is 46.3 Å². The van der Waals surface area contributed by atoms with Crippen LogP contribution in [0.5, 0.6) is 0 Å². The standard InChI is InChI=1S/C15H13BrN2/c16-12-6-7-14-13(8-12)15(10-18-14)17-9-11-4-2-1-3-5-11/h1-8,10,17-18H,9H2. The molecular weight excluding hydrogens is 288 g/mol. The van der Waals surface area contributed by atoms with E-state index in [2.05, 4.69) is 62.6 Å². The van der Waals surface area contributed by atoms with Crippen molar-refractivity contribution in [3.63, 3.8) is 0 Å². The van der Waals surface area contributed by atoms with Gasteiger partial charge in [-0.2, -0.15) is 0 Å². The second kappa shape index (κ2) is 4.86. The van der Waals surface area contributed by atoms with E-state index in [1.165, 1.54) is 10.9 Å². The van der Waals surface area contributed by atoms with Gasteiger partial charge in [-0.05, 0) is 23.8 Å². The highest BCUT2D eigenvalue weighted by atomic mass is 79.9. The monoisotopic (exact) mass is 300 g/mol. The van der Waals surface area contributed by atoms with E-state index in [0.29, 0.717) is 0 Å². The van der Waals surface area contributed by atoms with E-state index >= 15 is 0 Å². The molecule has 0 aliphatic rings. The molecule has 90 valence electrons. The molecule has 0 radical (unpaired) electrons. The summed E-state index contributed by atoms with van der Waals surface area (Å²) >= 11 is 3.51. The van der Waals surface area contributed by atoms with E-state index in [9.17, 15) is 0 Å². The number of benzene rings is 2. The Bertz CT molecular complexity index is 659. The lowest BCUT2D eigenvalue weighted by Crippen LogP contribution is -1.97. The minimum absolute atomic E-state index is 0.834. The molecule has 0 amide bonds. The van der Waals surface area contributed by atoms with E-state index in [1.54, 1.807) is 0 Å². The average Bonchev–Trinajstić information content (AvgIpc) is 2.80. The lowest BCUT2D eigenvalue weighted by Gasteiger charge is -2.05. The van der Waals surface area contributed by atoms with Gasteiger partial charge in [-0.3, -0.25) is 0 Å². The van der Waals surface area contributed by atoms with Gasteiger partial charge in [-0.15, -0.1) is 0 Å². The molecular formula is C15H13BrN2. The predicted octanol–water partition coefficient (Wildman–Crippen LogP) is 4.54. The highest BCUT2D eigenvalue weighted by Gasteiger charge is 2.03. The van der Waals surface area contributed by atoms with Crippen molar-refractivity contribution in [3.05, 3.63) is 64.8 Å². The Morgan fingerprint density at radius 3 is 2.72 bits per heavy atom. The van der Waals surface area contributed by atoms with Gasteiger partial charge >= 0.3 is 0 Å². The average molecular weight is 301 g/mol. The normalized spacial score (nSPS) is 10.7. The van der Waals surface area contributed by atoms with Gasteiger partial charge in [0.2, 0.25) is 0 Å². The van der Waals surface area contributed by atoms with Crippen LogP contribution in [-0.2, 0) is 6.54 Å². The molecule has 0 atom stereocenters. The molecule has 0 aliphatic carbocycles. The van der Waals surface area contributed by atoms with Crippen molar-refractivity contribution >= 4 is 32.5 Å².